The molecule has 7 atom stereocenters. The molecule has 0 radical (unpaired) electrons. The fourth-order valence-corrected chi connectivity index (χ4v) is 5.38. The van der Waals surface area contributed by atoms with Crippen LogP contribution in [-0.2, 0) is 9.47 Å². The molecule has 1 saturated heterocycles. The lowest BCUT2D eigenvalue weighted by Gasteiger charge is -2.42. The molecule has 0 aromatic heterocycles. The van der Waals surface area contributed by atoms with E-state index >= 15 is 0 Å². The van der Waals surface area contributed by atoms with E-state index in [0.29, 0.717) is 5.92 Å². The van der Waals surface area contributed by atoms with Crippen molar-refractivity contribution in [2.75, 3.05) is 6.61 Å². The molecule has 0 amide bonds. The van der Waals surface area contributed by atoms with Crippen molar-refractivity contribution in [1.82, 2.24) is 0 Å². The third-order valence-electron chi connectivity index (χ3n) is 8.81. The van der Waals surface area contributed by atoms with Crippen LogP contribution in [0.25, 0.3) is 0 Å². The average molecular weight is 529 g/mol. The van der Waals surface area contributed by atoms with Crippen molar-refractivity contribution < 1.29 is 24.8 Å². The minimum atomic E-state index is -0.887. The molecule has 0 saturated carbocycles. The highest BCUT2D eigenvalue weighted by molar-refractivity contribution is 4.87. The van der Waals surface area contributed by atoms with Crippen LogP contribution in [-0.4, -0.2) is 52.6 Å². The highest BCUT2D eigenvalue weighted by Gasteiger charge is 2.43. The van der Waals surface area contributed by atoms with Gasteiger partial charge >= 0.3 is 0 Å². The molecule has 0 aromatic rings. The molecule has 0 aliphatic carbocycles. The number of unbranched alkanes of at least 4 members (excludes halogenated alkanes) is 13. The predicted octanol–water partition coefficient (Wildman–Crippen LogP) is 7.64. The summed E-state index contributed by atoms with van der Waals surface area (Å²) in [7, 11) is 0. The summed E-state index contributed by atoms with van der Waals surface area (Å²) in [6.45, 7) is 12.8. The van der Waals surface area contributed by atoms with Crippen molar-refractivity contribution in [3.05, 3.63) is 0 Å². The SMILES string of the molecule is CC(C)C(C)CCCCCCCCCCCCCCCCC(OC1OC(CO)C(O)C(C)C1O)C(C)C. The van der Waals surface area contributed by atoms with Gasteiger partial charge in [-0.3, -0.25) is 0 Å². The van der Waals surface area contributed by atoms with Crippen LogP contribution in [0.2, 0.25) is 0 Å². The summed E-state index contributed by atoms with van der Waals surface area (Å²) in [5, 5.41) is 30.1. The molecule has 37 heavy (non-hydrogen) atoms. The highest BCUT2D eigenvalue weighted by atomic mass is 16.7. The van der Waals surface area contributed by atoms with Gasteiger partial charge in [-0.15, -0.1) is 0 Å². The third kappa shape index (κ3) is 14.7. The Hall–Kier alpha value is -0.200. The molecule has 1 aliphatic rings. The van der Waals surface area contributed by atoms with Crippen LogP contribution in [0.15, 0.2) is 0 Å². The summed E-state index contributed by atoms with van der Waals surface area (Å²) >= 11 is 0. The molecule has 3 N–H and O–H groups in total. The molecule has 1 fully saturated rings. The van der Waals surface area contributed by atoms with Crippen LogP contribution >= 0.6 is 0 Å². The number of hydrogen-bond donors (Lipinski definition) is 3. The van der Waals surface area contributed by atoms with Gasteiger partial charge in [0.25, 0.3) is 0 Å². The first-order valence-corrected chi connectivity index (χ1v) is 16.0. The molecule has 5 nitrogen and oxygen atoms in total. The van der Waals surface area contributed by atoms with Gasteiger partial charge in [0.1, 0.15) is 12.2 Å². The largest absolute Gasteiger partial charge is 0.394 e. The molecular weight excluding hydrogens is 464 g/mol. The number of aliphatic hydroxyl groups is 3. The number of hydrogen-bond acceptors (Lipinski definition) is 5. The molecule has 0 spiro atoms. The Bertz CT molecular complexity index is 523. The molecular formula is C32H64O5. The zero-order chi connectivity index (χ0) is 27.6. The highest BCUT2D eigenvalue weighted by Crippen LogP contribution is 2.29. The Balaban J connectivity index is 2.01. The Morgan fingerprint density at radius 3 is 1.46 bits per heavy atom. The normalized spacial score (nSPS) is 26.2. The van der Waals surface area contributed by atoms with E-state index < -0.39 is 30.5 Å². The second kappa shape index (κ2) is 20.7. The summed E-state index contributed by atoms with van der Waals surface area (Å²) in [6.07, 6.45) is 18.0. The van der Waals surface area contributed by atoms with Gasteiger partial charge in [0.2, 0.25) is 0 Å². The maximum absolute atomic E-state index is 10.5. The second-order valence-corrected chi connectivity index (χ2v) is 12.7. The van der Waals surface area contributed by atoms with Gasteiger partial charge in [0.15, 0.2) is 6.29 Å². The first-order chi connectivity index (χ1) is 17.7. The molecule has 0 aromatic carbocycles. The maximum Gasteiger partial charge on any atom is 0.184 e. The van der Waals surface area contributed by atoms with Crippen molar-refractivity contribution in [2.45, 2.75) is 175 Å². The standard InChI is InChI=1S/C32H64O5/c1-24(2)26(5)21-19-17-15-13-11-9-7-8-10-12-14-16-18-20-22-28(25(3)4)36-32-31(35)27(6)30(34)29(23-33)37-32/h24-35H,7-23H2,1-6H3. The smallest absolute Gasteiger partial charge is 0.184 e. The lowest BCUT2D eigenvalue weighted by molar-refractivity contribution is -0.303. The molecule has 1 aliphatic heterocycles. The topological polar surface area (TPSA) is 79.2 Å². The summed E-state index contributed by atoms with van der Waals surface area (Å²) in [5.74, 6) is 1.64. The van der Waals surface area contributed by atoms with Crippen molar-refractivity contribution >= 4 is 0 Å². The number of rotatable bonds is 22. The summed E-state index contributed by atoms with van der Waals surface area (Å²) < 4.78 is 11.8. The lowest BCUT2D eigenvalue weighted by atomic mass is 9.90. The van der Waals surface area contributed by atoms with E-state index in [1.807, 2.05) is 0 Å². The first kappa shape index (κ1) is 34.8. The van der Waals surface area contributed by atoms with Gasteiger partial charge in [-0.05, 0) is 24.2 Å². The van der Waals surface area contributed by atoms with E-state index in [2.05, 4.69) is 34.6 Å². The van der Waals surface area contributed by atoms with Crippen LogP contribution in [0.3, 0.4) is 0 Å². The number of aliphatic hydroxyl groups excluding tert-OH is 3. The van der Waals surface area contributed by atoms with Crippen LogP contribution in [0, 0.1) is 23.7 Å². The van der Waals surface area contributed by atoms with Crippen molar-refractivity contribution in [3.8, 4) is 0 Å². The molecule has 0 bridgehead atoms. The second-order valence-electron chi connectivity index (χ2n) is 12.7. The maximum atomic E-state index is 10.5. The van der Waals surface area contributed by atoms with Crippen LogP contribution in [0.5, 0.6) is 0 Å². The minimum Gasteiger partial charge on any atom is -0.394 e. The molecule has 222 valence electrons. The zero-order valence-corrected chi connectivity index (χ0v) is 25.4. The van der Waals surface area contributed by atoms with Gasteiger partial charge in [0.05, 0.1) is 18.8 Å². The quantitative estimate of drug-likeness (QED) is 0.126. The van der Waals surface area contributed by atoms with Gasteiger partial charge in [-0.1, -0.05) is 138 Å². The lowest BCUT2D eigenvalue weighted by Crippen LogP contribution is -2.56. The molecule has 1 heterocycles. The van der Waals surface area contributed by atoms with E-state index in [-0.39, 0.29) is 12.7 Å². The van der Waals surface area contributed by atoms with Gasteiger partial charge in [0, 0.05) is 5.92 Å². The summed E-state index contributed by atoms with van der Waals surface area (Å²) in [6, 6.07) is 0. The molecule has 5 heteroatoms. The van der Waals surface area contributed by atoms with Gasteiger partial charge in [-0.25, -0.2) is 0 Å². The van der Waals surface area contributed by atoms with Crippen LogP contribution < -0.4 is 0 Å². The fourth-order valence-electron chi connectivity index (χ4n) is 5.38. The summed E-state index contributed by atoms with van der Waals surface area (Å²) in [5.41, 5.74) is 0. The van der Waals surface area contributed by atoms with E-state index in [1.165, 1.54) is 89.9 Å². The Morgan fingerprint density at radius 1 is 0.622 bits per heavy atom. The van der Waals surface area contributed by atoms with E-state index in [0.717, 1.165) is 24.7 Å². The summed E-state index contributed by atoms with van der Waals surface area (Å²) in [4.78, 5) is 0. The Kier molecular flexibility index (Phi) is 19.5. The van der Waals surface area contributed by atoms with E-state index in [9.17, 15) is 15.3 Å². The van der Waals surface area contributed by atoms with Gasteiger partial charge < -0.3 is 24.8 Å². The van der Waals surface area contributed by atoms with Crippen LogP contribution in [0.4, 0.5) is 0 Å². The van der Waals surface area contributed by atoms with Crippen LogP contribution in [0.1, 0.15) is 144 Å². The van der Waals surface area contributed by atoms with E-state index in [4.69, 9.17) is 9.47 Å². The molecule has 1 rings (SSSR count). The molecule has 7 unspecified atom stereocenters. The monoisotopic (exact) mass is 528 g/mol. The van der Waals surface area contributed by atoms with Gasteiger partial charge in [-0.2, -0.15) is 0 Å². The third-order valence-corrected chi connectivity index (χ3v) is 8.81. The van der Waals surface area contributed by atoms with Crippen molar-refractivity contribution in [3.63, 3.8) is 0 Å². The average Bonchev–Trinajstić information content (AvgIpc) is 2.87. The Morgan fingerprint density at radius 2 is 1.05 bits per heavy atom. The zero-order valence-electron chi connectivity index (χ0n) is 25.4. The Labute approximate surface area is 230 Å². The first-order valence-electron chi connectivity index (χ1n) is 16.0. The van der Waals surface area contributed by atoms with Crippen molar-refractivity contribution in [1.29, 1.82) is 0 Å². The predicted molar refractivity (Wildman–Crippen MR) is 155 cm³/mol. The van der Waals surface area contributed by atoms with Crippen molar-refractivity contribution in [2.24, 2.45) is 23.7 Å². The number of ether oxygens (including phenoxy) is 2. The fraction of sp³-hybridized carbons (Fsp3) is 1.00. The minimum absolute atomic E-state index is 0.00466. The van der Waals surface area contributed by atoms with E-state index in [1.54, 1.807) is 6.92 Å².